The molecule has 2 bridgehead atoms. The second kappa shape index (κ2) is 9.85. The lowest BCUT2D eigenvalue weighted by molar-refractivity contribution is 0.102. The number of ether oxygens (including phenoxy) is 1. The highest BCUT2D eigenvalue weighted by Gasteiger charge is 2.42. The molecule has 7 heteroatoms. The van der Waals surface area contributed by atoms with Gasteiger partial charge in [-0.3, -0.25) is 4.79 Å². The van der Waals surface area contributed by atoms with Crippen LogP contribution in [-0.4, -0.2) is 27.0 Å². The summed E-state index contributed by atoms with van der Waals surface area (Å²) in [4.78, 5) is 12.8. The lowest BCUT2D eigenvalue weighted by atomic mass is 9.84. The molecule has 2 aliphatic carbocycles. The third-order valence-corrected chi connectivity index (χ3v) is 8.47. The van der Waals surface area contributed by atoms with Crippen molar-refractivity contribution >= 4 is 21.6 Å². The van der Waals surface area contributed by atoms with Gasteiger partial charge in [-0.15, -0.1) is 0 Å². The smallest absolute Gasteiger partial charge is 0.255 e. The van der Waals surface area contributed by atoms with Crippen molar-refractivity contribution in [2.75, 3.05) is 11.9 Å². The summed E-state index contributed by atoms with van der Waals surface area (Å²) in [6.45, 7) is 6.76. The lowest BCUT2D eigenvalue weighted by Crippen LogP contribution is -2.40. The van der Waals surface area contributed by atoms with E-state index < -0.39 is 10.0 Å². The Balaban J connectivity index is 1.34. The maximum absolute atomic E-state index is 12.9. The predicted octanol–water partition coefficient (Wildman–Crippen LogP) is 5.08. The van der Waals surface area contributed by atoms with Crippen molar-refractivity contribution in [2.45, 2.75) is 57.4 Å². The molecule has 4 atom stereocenters. The van der Waals surface area contributed by atoms with Gasteiger partial charge >= 0.3 is 0 Å². The molecule has 0 unspecified atom stereocenters. The normalized spacial score (nSPS) is 23.0. The third kappa shape index (κ3) is 5.76. The summed E-state index contributed by atoms with van der Waals surface area (Å²) >= 11 is 0. The number of carbonyl (C=O) groups is 1. The molecule has 2 N–H and O–H groups in total. The molecule has 0 aliphatic heterocycles. The first-order valence-electron chi connectivity index (χ1n) is 11.9. The van der Waals surface area contributed by atoms with E-state index in [-0.39, 0.29) is 16.8 Å². The molecule has 0 radical (unpaired) electrons. The van der Waals surface area contributed by atoms with Crippen LogP contribution in [-0.2, 0) is 10.0 Å². The summed E-state index contributed by atoms with van der Waals surface area (Å²) in [5.41, 5.74) is 1.05. The highest BCUT2D eigenvalue weighted by molar-refractivity contribution is 7.89. The van der Waals surface area contributed by atoms with E-state index in [0.29, 0.717) is 35.6 Å². The van der Waals surface area contributed by atoms with Crippen LogP contribution in [0.5, 0.6) is 5.75 Å². The molecule has 1 amide bonds. The van der Waals surface area contributed by atoms with Gasteiger partial charge in [0.2, 0.25) is 10.0 Å². The molecule has 2 aliphatic rings. The monoisotopic (exact) mass is 470 g/mol. The van der Waals surface area contributed by atoms with Crippen molar-refractivity contribution in [1.82, 2.24) is 4.72 Å². The van der Waals surface area contributed by atoms with Crippen molar-refractivity contribution in [3.63, 3.8) is 0 Å². The zero-order chi connectivity index (χ0) is 23.6. The largest absolute Gasteiger partial charge is 0.493 e. The van der Waals surface area contributed by atoms with Gasteiger partial charge in [0.25, 0.3) is 5.91 Å². The minimum absolute atomic E-state index is 0.0721. The molecule has 178 valence electrons. The van der Waals surface area contributed by atoms with Crippen molar-refractivity contribution in [1.29, 1.82) is 0 Å². The predicted molar refractivity (Wildman–Crippen MR) is 130 cm³/mol. The number of nitrogens with one attached hydrogen (secondary N) is 2. The van der Waals surface area contributed by atoms with Crippen molar-refractivity contribution in [2.24, 2.45) is 23.7 Å². The molecule has 6 nitrogen and oxygen atoms in total. The maximum atomic E-state index is 12.9. The van der Waals surface area contributed by atoms with Crippen LogP contribution in [0, 0.1) is 23.7 Å². The van der Waals surface area contributed by atoms with Crippen molar-refractivity contribution in [3.05, 3.63) is 54.1 Å². The Morgan fingerprint density at radius 3 is 2.27 bits per heavy atom. The Kier molecular flexibility index (Phi) is 7.10. The Morgan fingerprint density at radius 2 is 1.70 bits per heavy atom. The van der Waals surface area contributed by atoms with Crippen molar-refractivity contribution < 1.29 is 17.9 Å². The minimum Gasteiger partial charge on any atom is -0.493 e. The van der Waals surface area contributed by atoms with Crippen LogP contribution in [0.25, 0.3) is 0 Å². The first kappa shape index (κ1) is 23.8. The second-order valence-corrected chi connectivity index (χ2v) is 11.7. The summed E-state index contributed by atoms with van der Waals surface area (Å²) in [7, 11) is -3.60. The average Bonchev–Trinajstić information content (AvgIpc) is 3.42. The molecule has 0 heterocycles. The van der Waals surface area contributed by atoms with Gasteiger partial charge in [0, 0.05) is 17.3 Å². The number of anilines is 1. The number of benzene rings is 2. The van der Waals surface area contributed by atoms with Gasteiger partial charge in [-0.25, -0.2) is 13.1 Å². The van der Waals surface area contributed by atoms with Gasteiger partial charge in [-0.1, -0.05) is 20.3 Å². The van der Waals surface area contributed by atoms with Crippen LogP contribution in [0.4, 0.5) is 5.69 Å². The topological polar surface area (TPSA) is 84.5 Å². The van der Waals surface area contributed by atoms with Gasteiger partial charge in [-0.2, -0.15) is 0 Å². The fourth-order valence-electron chi connectivity index (χ4n) is 5.19. The third-order valence-electron chi connectivity index (χ3n) is 6.90. The molecule has 2 aromatic rings. The Morgan fingerprint density at radius 1 is 1.00 bits per heavy atom. The van der Waals surface area contributed by atoms with E-state index in [1.54, 1.807) is 36.4 Å². The Hall–Kier alpha value is -2.38. The molecule has 0 spiro atoms. The number of hydrogen-bond acceptors (Lipinski definition) is 4. The summed E-state index contributed by atoms with van der Waals surface area (Å²) in [5.74, 6) is 2.75. The van der Waals surface area contributed by atoms with Gasteiger partial charge < -0.3 is 10.1 Å². The molecule has 0 aromatic heterocycles. The van der Waals surface area contributed by atoms with E-state index in [0.717, 1.165) is 18.1 Å². The molecule has 4 rings (SSSR count). The van der Waals surface area contributed by atoms with Gasteiger partial charge in [0.15, 0.2) is 0 Å². The molecule has 33 heavy (non-hydrogen) atoms. The quantitative estimate of drug-likeness (QED) is 0.535. The molecule has 2 saturated carbocycles. The highest BCUT2D eigenvalue weighted by Crippen LogP contribution is 2.49. The summed E-state index contributed by atoms with van der Waals surface area (Å²) < 4.78 is 34.3. The molecule has 2 fully saturated rings. The molecule has 2 aromatic carbocycles. The van der Waals surface area contributed by atoms with Crippen LogP contribution in [0.1, 0.15) is 56.8 Å². The van der Waals surface area contributed by atoms with E-state index in [9.17, 15) is 13.2 Å². The summed E-state index contributed by atoms with van der Waals surface area (Å²) in [6.07, 6.45) is 4.90. The fourth-order valence-corrected chi connectivity index (χ4v) is 6.49. The van der Waals surface area contributed by atoms with E-state index >= 15 is 0 Å². The SMILES string of the molecule is CC(C)COc1ccc(C(=O)Nc2ccc(S(=O)(=O)N[C@@H](C)[C@@H]3C[C@H]4CC[C@H]3C4)cc2)cc1. The first-order chi connectivity index (χ1) is 15.7. The van der Waals surface area contributed by atoms with E-state index in [4.69, 9.17) is 4.74 Å². The zero-order valence-corrected chi connectivity index (χ0v) is 20.4. The van der Waals surface area contributed by atoms with Crippen LogP contribution in [0.2, 0.25) is 0 Å². The van der Waals surface area contributed by atoms with Crippen LogP contribution in [0.3, 0.4) is 0 Å². The number of rotatable bonds is 9. The van der Waals surface area contributed by atoms with Crippen LogP contribution >= 0.6 is 0 Å². The van der Waals surface area contributed by atoms with E-state index in [1.807, 2.05) is 6.92 Å². The number of amides is 1. The minimum atomic E-state index is -3.60. The van der Waals surface area contributed by atoms with Crippen molar-refractivity contribution in [3.8, 4) is 5.75 Å². The van der Waals surface area contributed by atoms with Gasteiger partial charge in [0.1, 0.15) is 5.75 Å². The number of hydrogen-bond donors (Lipinski definition) is 2. The summed E-state index contributed by atoms with van der Waals surface area (Å²) in [6, 6.07) is 13.2. The Bertz CT molecular complexity index is 1060. The Labute approximate surface area is 197 Å². The number of fused-ring (bicyclic) bond motifs is 2. The van der Waals surface area contributed by atoms with E-state index in [2.05, 4.69) is 23.9 Å². The standard InChI is InChI=1S/C26H34N2O4S/c1-17(2)16-32-23-10-6-20(7-11-23)26(29)27-22-8-12-24(13-9-22)33(30,31)28-18(3)25-15-19-4-5-21(25)14-19/h6-13,17-19,21,25,28H,4-5,14-16H2,1-3H3,(H,27,29)/t18-,19-,21-,25-/m0/s1. The average molecular weight is 471 g/mol. The molecular formula is C26H34N2O4S. The fraction of sp³-hybridized carbons (Fsp3) is 0.500. The lowest BCUT2D eigenvalue weighted by Gasteiger charge is -2.28. The summed E-state index contributed by atoms with van der Waals surface area (Å²) in [5, 5.41) is 2.82. The highest BCUT2D eigenvalue weighted by atomic mass is 32.2. The van der Waals surface area contributed by atoms with Gasteiger partial charge in [-0.05, 0) is 98.4 Å². The zero-order valence-electron chi connectivity index (χ0n) is 19.6. The number of sulfonamides is 1. The van der Waals surface area contributed by atoms with E-state index in [1.165, 1.54) is 31.4 Å². The van der Waals surface area contributed by atoms with Gasteiger partial charge in [0.05, 0.1) is 11.5 Å². The maximum Gasteiger partial charge on any atom is 0.255 e. The number of carbonyl (C=O) groups excluding carboxylic acids is 1. The van der Waals surface area contributed by atoms with Crippen LogP contribution < -0.4 is 14.8 Å². The first-order valence-corrected chi connectivity index (χ1v) is 13.4. The second-order valence-electron chi connectivity index (χ2n) is 9.96. The van der Waals surface area contributed by atoms with Crippen LogP contribution in [0.15, 0.2) is 53.4 Å². The molecule has 0 saturated heterocycles. The molecular weight excluding hydrogens is 436 g/mol.